The van der Waals surface area contributed by atoms with Gasteiger partial charge in [-0.25, -0.2) is 0 Å². The van der Waals surface area contributed by atoms with Crippen LogP contribution in [-0.2, 0) is 0 Å². The smallest absolute Gasteiger partial charge is 0.190 e. The third-order valence-corrected chi connectivity index (χ3v) is 3.56. The van der Waals surface area contributed by atoms with E-state index in [0.29, 0.717) is 0 Å². The van der Waals surface area contributed by atoms with E-state index in [1.807, 2.05) is 19.2 Å². The van der Waals surface area contributed by atoms with Crippen LogP contribution in [0.3, 0.4) is 0 Å². The van der Waals surface area contributed by atoms with Crippen molar-refractivity contribution in [3.8, 4) is 12.1 Å². The standard InChI is InChI=1S/C8H11N3S/c1-7(3-9)5-12-6-8(2,4-10)11-7/h11H,5-6H2,1-2H3/p+1/t7-,8-/m0/s1. The van der Waals surface area contributed by atoms with E-state index in [1.54, 1.807) is 11.8 Å². The Morgan fingerprint density at radius 2 is 1.58 bits per heavy atom. The summed E-state index contributed by atoms with van der Waals surface area (Å²) in [5, 5.41) is 19.6. The average molecular weight is 182 g/mol. The summed E-state index contributed by atoms with van der Waals surface area (Å²) in [4.78, 5) is 0. The van der Waals surface area contributed by atoms with Gasteiger partial charge in [0.15, 0.2) is 11.1 Å². The summed E-state index contributed by atoms with van der Waals surface area (Å²) in [5.74, 6) is 1.61. The maximum Gasteiger partial charge on any atom is 0.190 e. The maximum atomic E-state index is 8.87. The molecule has 1 rings (SSSR count). The monoisotopic (exact) mass is 182 g/mol. The zero-order chi connectivity index (χ0) is 9.24. The average Bonchev–Trinajstić information content (AvgIpc) is 2.05. The highest BCUT2D eigenvalue weighted by atomic mass is 32.2. The van der Waals surface area contributed by atoms with Crippen LogP contribution in [0.4, 0.5) is 0 Å². The Kier molecular flexibility index (Phi) is 2.32. The lowest BCUT2D eigenvalue weighted by molar-refractivity contribution is -0.754. The first-order valence-corrected chi connectivity index (χ1v) is 4.96. The Morgan fingerprint density at radius 1 is 1.17 bits per heavy atom. The summed E-state index contributed by atoms with van der Waals surface area (Å²) < 4.78 is 0. The second kappa shape index (κ2) is 2.97. The lowest BCUT2D eigenvalue weighted by atomic mass is 9.99. The molecule has 0 saturated carbocycles. The highest BCUT2D eigenvalue weighted by Crippen LogP contribution is 2.19. The zero-order valence-electron chi connectivity index (χ0n) is 7.29. The Balaban J connectivity index is 2.79. The predicted molar refractivity (Wildman–Crippen MR) is 47.3 cm³/mol. The molecule has 0 radical (unpaired) electrons. The van der Waals surface area contributed by atoms with Crippen LogP contribution < -0.4 is 5.32 Å². The second-order valence-electron chi connectivity index (χ2n) is 3.70. The number of nitrogens with two attached hydrogens (primary N) is 1. The minimum atomic E-state index is -0.423. The van der Waals surface area contributed by atoms with Crippen LogP contribution in [0, 0.1) is 22.7 Å². The second-order valence-corrected chi connectivity index (χ2v) is 4.68. The van der Waals surface area contributed by atoms with Crippen LogP contribution in [0.2, 0.25) is 0 Å². The Morgan fingerprint density at radius 3 is 1.92 bits per heavy atom. The number of quaternary nitrogens is 1. The first-order valence-electron chi connectivity index (χ1n) is 3.81. The van der Waals surface area contributed by atoms with E-state index >= 15 is 0 Å². The van der Waals surface area contributed by atoms with Crippen LogP contribution in [0.15, 0.2) is 0 Å². The molecule has 0 bridgehead atoms. The first-order chi connectivity index (χ1) is 5.54. The van der Waals surface area contributed by atoms with Crippen molar-refractivity contribution in [2.45, 2.75) is 24.9 Å². The molecule has 0 unspecified atom stereocenters. The summed E-state index contributed by atoms with van der Waals surface area (Å²) in [6.07, 6.45) is 0. The van der Waals surface area contributed by atoms with Crippen LogP contribution in [0.5, 0.6) is 0 Å². The molecule has 12 heavy (non-hydrogen) atoms. The van der Waals surface area contributed by atoms with Crippen molar-refractivity contribution in [3.05, 3.63) is 0 Å². The normalized spacial score (nSPS) is 41.3. The van der Waals surface area contributed by atoms with E-state index in [0.717, 1.165) is 11.5 Å². The molecule has 0 aromatic heterocycles. The summed E-state index contributed by atoms with van der Waals surface area (Å²) in [6.45, 7) is 3.77. The van der Waals surface area contributed by atoms with Gasteiger partial charge < -0.3 is 5.32 Å². The topological polar surface area (TPSA) is 64.2 Å². The maximum absolute atomic E-state index is 8.87. The van der Waals surface area contributed by atoms with Gasteiger partial charge >= 0.3 is 0 Å². The molecule has 0 amide bonds. The lowest BCUT2D eigenvalue weighted by Crippen LogP contribution is -3.07. The molecule has 1 fully saturated rings. The zero-order valence-corrected chi connectivity index (χ0v) is 8.11. The summed E-state index contributed by atoms with van der Waals surface area (Å²) in [6, 6.07) is 4.48. The molecule has 64 valence electrons. The van der Waals surface area contributed by atoms with Gasteiger partial charge in [0.2, 0.25) is 0 Å². The van der Waals surface area contributed by atoms with Crippen molar-refractivity contribution in [1.29, 1.82) is 10.5 Å². The molecule has 2 N–H and O–H groups in total. The predicted octanol–water partition coefficient (Wildman–Crippen LogP) is -0.139. The number of thioether (sulfide) groups is 1. The molecular formula is C8H12N3S+. The third kappa shape index (κ3) is 1.72. The third-order valence-electron chi connectivity index (χ3n) is 1.95. The molecule has 3 nitrogen and oxygen atoms in total. The molecule has 1 aliphatic heterocycles. The van der Waals surface area contributed by atoms with Gasteiger partial charge in [0.25, 0.3) is 0 Å². The van der Waals surface area contributed by atoms with Crippen molar-refractivity contribution in [2.75, 3.05) is 11.5 Å². The van der Waals surface area contributed by atoms with Gasteiger partial charge in [0.05, 0.1) is 11.5 Å². The van der Waals surface area contributed by atoms with E-state index in [-0.39, 0.29) is 0 Å². The molecule has 1 heterocycles. The van der Waals surface area contributed by atoms with Crippen LogP contribution >= 0.6 is 11.8 Å². The van der Waals surface area contributed by atoms with Gasteiger partial charge in [-0.1, -0.05) is 0 Å². The quantitative estimate of drug-likeness (QED) is 0.567. The van der Waals surface area contributed by atoms with Crippen LogP contribution in [-0.4, -0.2) is 22.6 Å². The molecular weight excluding hydrogens is 170 g/mol. The molecule has 2 atom stereocenters. The molecule has 0 aromatic rings. The van der Waals surface area contributed by atoms with Crippen LogP contribution in [0.1, 0.15) is 13.8 Å². The van der Waals surface area contributed by atoms with Gasteiger partial charge in [-0.15, -0.1) is 11.8 Å². The Hall–Kier alpha value is -0.710. The Bertz CT molecular complexity index is 238. The van der Waals surface area contributed by atoms with Crippen molar-refractivity contribution in [1.82, 2.24) is 0 Å². The molecule has 0 aliphatic carbocycles. The molecule has 0 aromatic carbocycles. The number of hydrogen-bond donors (Lipinski definition) is 1. The largest absolute Gasteiger partial charge is 0.312 e. The molecule has 4 heteroatoms. The summed E-state index contributed by atoms with van der Waals surface area (Å²) in [5.41, 5.74) is -0.846. The van der Waals surface area contributed by atoms with Gasteiger partial charge in [-0.2, -0.15) is 10.5 Å². The van der Waals surface area contributed by atoms with Crippen molar-refractivity contribution in [2.24, 2.45) is 0 Å². The molecule has 1 saturated heterocycles. The lowest BCUT2D eigenvalue weighted by Gasteiger charge is -2.33. The minimum Gasteiger partial charge on any atom is -0.312 e. The molecule has 1 aliphatic rings. The highest BCUT2D eigenvalue weighted by Gasteiger charge is 2.43. The van der Waals surface area contributed by atoms with E-state index < -0.39 is 11.1 Å². The van der Waals surface area contributed by atoms with Gasteiger partial charge in [-0.05, 0) is 0 Å². The van der Waals surface area contributed by atoms with E-state index in [2.05, 4.69) is 12.1 Å². The molecule has 0 spiro atoms. The SMILES string of the molecule is C[C@]1(C#N)CSC[C@](C)(C#N)[NH2+]1. The summed E-state index contributed by atoms with van der Waals surface area (Å²) in [7, 11) is 0. The fourth-order valence-electron chi connectivity index (χ4n) is 1.39. The number of rotatable bonds is 0. The fraction of sp³-hybridized carbons (Fsp3) is 0.750. The number of nitrogens with zero attached hydrogens (tertiary/aromatic N) is 2. The highest BCUT2D eigenvalue weighted by molar-refractivity contribution is 7.99. The number of hydrogen-bond acceptors (Lipinski definition) is 3. The number of nitriles is 2. The Labute approximate surface area is 76.7 Å². The fourth-order valence-corrected chi connectivity index (χ4v) is 2.64. The van der Waals surface area contributed by atoms with Gasteiger partial charge in [-0.3, -0.25) is 0 Å². The van der Waals surface area contributed by atoms with Crippen molar-refractivity contribution >= 4 is 11.8 Å². The minimum absolute atomic E-state index is 0.423. The van der Waals surface area contributed by atoms with Crippen LogP contribution in [0.25, 0.3) is 0 Å². The van der Waals surface area contributed by atoms with Crippen molar-refractivity contribution in [3.63, 3.8) is 0 Å². The summed E-state index contributed by atoms with van der Waals surface area (Å²) >= 11 is 1.68. The van der Waals surface area contributed by atoms with Gasteiger partial charge in [0.1, 0.15) is 12.1 Å². The first kappa shape index (κ1) is 9.38. The van der Waals surface area contributed by atoms with E-state index in [1.165, 1.54) is 0 Å². The van der Waals surface area contributed by atoms with E-state index in [9.17, 15) is 0 Å². The van der Waals surface area contributed by atoms with E-state index in [4.69, 9.17) is 10.5 Å². The van der Waals surface area contributed by atoms with Gasteiger partial charge in [0, 0.05) is 13.8 Å². The van der Waals surface area contributed by atoms with Crippen molar-refractivity contribution < 1.29 is 5.32 Å².